The van der Waals surface area contributed by atoms with E-state index in [1.807, 2.05) is 6.07 Å². The number of amides is 1. The summed E-state index contributed by atoms with van der Waals surface area (Å²) < 4.78 is 10.6. The molecule has 0 spiro atoms. The highest BCUT2D eigenvalue weighted by Crippen LogP contribution is 2.41. The Hall–Kier alpha value is -4.20. The highest BCUT2D eigenvalue weighted by atomic mass is 16.5. The molecule has 1 aliphatic heterocycles. The number of ketones is 1. The number of benzene rings is 1. The van der Waals surface area contributed by atoms with Gasteiger partial charge in [0.05, 0.1) is 38.1 Å². The van der Waals surface area contributed by atoms with Crippen LogP contribution < -0.4 is 9.47 Å². The van der Waals surface area contributed by atoms with Crippen LogP contribution in [0.3, 0.4) is 0 Å². The summed E-state index contributed by atoms with van der Waals surface area (Å²) in [6, 6.07) is 12.8. The number of pyridine rings is 2. The molecule has 1 unspecified atom stereocenters. The fraction of sp³-hybridized carbons (Fsp3) is 0.167. The quantitative estimate of drug-likeness (QED) is 0.363. The summed E-state index contributed by atoms with van der Waals surface area (Å²) in [5.41, 5.74) is 1.60. The molecule has 2 aromatic heterocycles. The van der Waals surface area contributed by atoms with Crippen molar-refractivity contribution in [1.82, 2.24) is 14.9 Å². The number of hydrogen-bond acceptors (Lipinski definition) is 7. The summed E-state index contributed by atoms with van der Waals surface area (Å²) in [6.07, 6.45) is 4.77. The second-order valence-corrected chi connectivity index (χ2v) is 7.10. The Labute approximate surface area is 184 Å². The average Bonchev–Trinajstić information content (AvgIpc) is 3.09. The molecule has 3 aromatic rings. The summed E-state index contributed by atoms with van der Waals surface area (Å²) >= 11 is 0. The monoisotopic (exact) mass is 431 g/mol. The number of ether oxygens (including phenoxy) is 2. The average molecular weight is 431 g/mol. The molecule has 4 rings (SSSR count). The second-order valence-electron chi connectivity index (χ2n) is 7.10. The van der Waals surface area contributed by atoms with E-state index in [1.165, 1.54) is 19.1 Å². The number of likely N-dealkylation sites (tertiary alicyclic amines) is 1. The molecular formula is C24H21N3O5. The van der Waals surface area contributed by atoms with Crippen LogP contribution in [0.25, 0.3) is 5.76 Å². The molecule has 1 N–H and O–H groups in total. The summed E-state index contributed by atoms with van der Waals surface area (Å²) in [7, 11) is 2.98. The third-order valence-corrected chi connectivity index (χ3v) is 5.28. The Bertz CT molecular complexity index is 1180. The number of carbonyl (C=O) groups excluding carboxylic acids is 2. The highest BCUT2D eigenvalue weighted by Gasteiger charge is 2.46. The minimum Gasteiger partial charge on any atom is -0.507 e. The molecule has 1 aromatic carbocycles. The van der Waals surface area contributed by atoms with E-state index in [0.717, 1.165) is 0 Å². The summed E-state index contributed by atoms with van der Waals surface area (Å²) in [5.74, 6) is -0.908. The second kappa shape index (κ2) is 8.89. The first-order valence-electron chi connectivity index (χ1n) is 9.85. The van der Waals surface area contributed by atoms with Crippen molar-refractivity contribution in [3.8, 4) is 11.5 Å². The lowest BCUT2D eigenvalue weighted by atomic mass is 9.95. The fourth-order valence-electron chi connectivity index (χ4n) is 3.74. The van der Waals surface area contributed by atoms with E-state index in [1.54, 1.807) is 61.1 Å². The van der Waals surface area contributed by atoms with E-state index >= 15 is 0 Å². The lowest BCUT2D eigenvalue weighted by molar-refractivity contribution is -0.140. The van der Waals surface area contributed by atoms with Crippen molar-refractivity contribution in [2.24, 2.45) is 0 Å². The maximum Gasteiger partial charge on any atom is 0.296 e. The lowest BCUT2D eigenvalue weighted by Gasteiger charge is -2.25. The molecule has 0 radical (unpaired) electrons. The third-order valence-electron chi connectivity index (χ3n) is 5.28. The summed E-state index contributed by atoms with van der Waals surface area (Å²) in [6.45, 7) is 0.112. The topological polar surface area (TPSA) is 102 Å². The normalized spacial score (nSPS) is 17.4. The molecule has 0 saturated carbocycles. The Morgan fingerprint density at radius 2 is 1.75 bits per heavy atom. The Morgan fingerprint density at radius 3 is 2.41 bits per heavy atom. The van der Waals surface area contributed by atoms with E-state index in [9.17, 15) is 14.7 Å². The molecule has 162 valence electrons. The standard InChI is InChI=1S/C24H21N3O5/c1-31-18-7-6-16(13-19(18)32-2)22(28)20-21(15-8-11-25-12-9-15)27(24(30)23(20)29)14-17-5-3-4-10-26-17/h3-13,21,28H,14H2,1-2H3/b22-20-. The number of methoxy groups -OCH3 is 2. The van der Waals surface area contributed by atoms with Crippen molar-refractivity contribution in [3.05, 3.63) is 89.5 Å². The van der Waals surface area contributed by atoms with Crippen LogP contribution in [-0.2, 0) is 16.1 Å². The van der Waals surface area contributed by atoms with Crippen LogP contribution in [0.2, 0.25) is 0 Å². The summed E-state index contributed by atoms with van der Waals surface area (Å²) in [5, 5.41) is 11.2. The van der Waals surface area contributed by atoms with Crippen molar-refractivity contribution in [2.75, 3.05) is 14.2 Å². The van der Waals surface area contributed by atoms with Gasteiger partial charge in [-0.2, -0.15) is 0 Å². The molecule has 1 atom stereocenters. The van der Waals surface area contributed by atoms with Crippen molar-refractivity contribution in [1.29, 1.82) is 0 Å². The Kier molecular flexibility index (Phi) is 5.85. The van der Waals surface area contributed by atoms with Crippen LogP contribution in [0.5, 0.6) is 11.5 Å². The van der Waals surface area contributed by atoms with Crippen LogP contribution in [0, 0.1) is 0 Å². The lowest BCUT2D eigenvalue weighted by Crippen LogP contribution is -2.29. The predicted octanol–water partition coefficient (Wildman–Crippen LogP) is 3.12. The first-order valence-corrected chi connectivity index (χ1v) is 9.85. The van der Waals surface area contributed by atoms with E-state index in [4.69, 9.17) is 9.47 Å². The molecule has 0 aliphatic carbocycles. The molecule has 8 heteroatoms. The van der Waals surface area contributed by atoms with Gasteiger partial charge in [0.15, 0.2) is 11.5 Å². The minimum atomic E-state index is -0.798. The summed E-state index contributed by atoms with van der Waals surface area (Å²) in [4.78, 5) is 35.8. The van der Waals surface area contributed by atoms with Gasteiger partial charge in [-0.1, -0.05) is 6.07 Å². The number of nitrogens with zero attached hydrogens (tertiary/aromatic N) is 3. The number of aliphatic hydroxyl groups is 1. The first-order chi connectivity index (χ1) is 15.5. The minimum absolute atomic E-state index is 0.00986. The molecule has 3 heterocycles. The maximum absolute atomic E-state index is 13.1. The van der Waals surface area contributed by atoms with Gasteiger partial charge in [-0.25, -0.2) is 0 Å². The van der Waals surface area contributed by atoms with Gasteiger partial charge in [0.1, 0.15) is 5.76 Å². The van der Waals surface area contributed by atoms with Gasteiger partial charge >= 0.3 is 0 Å². The number of aliphatic hydroxyl groups excluding tert-OH is 1. The van der Waals surface area contributed by atoms with Gasteiger partial charge in [-0.05, 0) is 48.0 Å². The molecule has 1 saturated heterocycles. The van der Waals surface area contributed by atoms with Crippen LogP contribution in [0.4, 0.5) is 0 Å². The maximum atomic E-state index is 13.1. The van der Waals surface area contributed by atoms with Crippen molar-refractivity contribution in [3.63, 3.8) is 0 Å². The van der Waals surface area contributed by atoms with Crippen LogP contribution in [-0.4, -0.2) is 45.9 Å². The van der Waals surface area contributed by atoms with E-state index in [-0.39, 0.29) is 17.9 Å². The van der Waals surface area contributed by atoms with Gasteiger partial charge in [0.2, 0.25) is 0 Å². The zero-order chi connectivity index (χ0) is 22.7. The predicted molar refractivity (Wildman–Crippen MR) is 116 cm³/mol. The highest BCUT2D eigenvalue weighted by molar-refractivity contribution is 6.46. The van der Waals surface area contributed by atoms with E-state index < -0.39 is 17.7 Å². The van der Waals surface area contributed by atoms with Crippen LogP contribution >= 0.6 is 0 Å². The zero-order valence-corrected chi connectivity index (χ0v) is 17.6. The Morgan fingerprint density at radius 1 is 1.00 bits per heavy atom. The molecule has 1 amide bonds. The number of rotatable bonds is 6. The fourth-order valence-corrected chi connectivity index (χ4v) is 3.74. The molecule has 8 nitrogen and oxygen atoms in total. The smallest absolute Gasteiger partial charge is 0.296 e. The van der Waals surface area contributed by atoms with E-state index in [2.05, 4.69) is 9.97 Å². The van der Waals surface area contributed by atoms with Gasteiger partial charge in [-0.15, -0.1) is 0 Å². The molecular weight excluding hydrogens is 410 g/mol. The number of Topliss-reactive ketones (excluding diaryl/α,β-unsaturated/α-hetero) is 1. The van der Waals surface area contributed by atoms with Crippen LogP contribution in [0.1, 0.15) is 22.9 Å². The number of carbonyl (C=O) groups is 2. The number of hydrogen-bond donors (Lipinski definition) is 1. The Balaban J connectivity index is 1.85. The third kappa shape index (κ3) is 3.78. The largest absolute Gasteiger partial charge is 0.507 e. The SMILES string of the molecule is COc1ccc(/C(O)=C2/C(=O)C(=O)N(Cc3ccccn3)C2c2ccncc2)cc1OC. The van der Waals surface area contributed by atoms with E-state index in [0.29, 0.717) is 28.3 Å². The van der Waals surface area contributed by atoms with Crippen molar-refractivity contribution in [2.45, 2.75) is 12.6 Å². The first kappa shape index (κ1) is 21.0. The van der Waals surface area contributed by atoms with Gasteiger partial charge in [0, 0.05) is 24.2 Å². The molecule has 1 aliphatic rings. The number of aromatic nitrogens is 2. The van der Waals surface area contributed by atoms with Gasteiger partial charge < -0.3 is 19.5 Å². The van der Waals surface area contributed by atoms with Gasteiger partial charge in [-0.3, -0.25) is 19.6 Å². The molecule has 32 heavy (non-hydrogen) atoms. The van der Waals surface area contributed by atoms with Crippen molar-refractivity contribution >= 4 is 17.4 Å². The van der Waals surface area contributed by atoms with Gasteiger partial charge in [0.25, 0.3) is 11.7 Å². The molecule has 0 bridgehead atoms. The zero-order valence-electron chi connectivity index (χ0n) is 17.6. The van der Waals surface area contributed by atoms with Crippen LogP contribution in [0.15, 0.2) is 72.7 Å². The molecule has 1 fully saturated rings. The van der Waals surface area contributed by atoms with Crippen molar-refractivity contribution < 1.29 is 24.2 Å².